The highest BCUT2D eigenvalue weighted by Gasteiger charge is 2.24. The quantitative estimate of drug-likeness (QED) is 0.514. The minimum absolute atomic E-state index is 0.487. The van der Waals surface area contributed by atoms with Gasteiger partial charge in [-0.2, -0.15) is 4.98 Å². The normalized spacial score (nSPS) is 20.0. The Morgan fingerprint density at radius 1 is 0.912 bits per heavy atom. The smallest absolute Gasteiger partial charge is 0.225 e. The van der Waals surface area contributed by atoms with Crippen LogP contribution >= 0.6 is 0 Å². The van der Waals surface area contributed by atoms with E-state index in [1.165, 1.54) is 61.0 Å². The van der Waals surface area contributed by atoms with Crippen molar-refractivity contribution < 1.29 is 0 Å². The van der Waals surface area contributed by atoms with E-state index in [1.54, 1.807) is 0 Å². The van der Waals surface area contributed by atoms with E-state index in [-0.39, 0.29) is 0 Å². The van der Waals surface area contributed by atoms with Crippen molar-refractivity contribution in [3.8, 4) is 0 Å². The molecule has 2 aliphatic carbocycles. The molecule has 0 bridgehead atoms. The zero-order chi connectivity index (χ0) is 23.9. The van der Waals surface area contributed by atoms with Crippen molar-refractivity contribution in [1.29, 1.82) is 0 Å². The maximum absolute atomic E-state index is 4.92. The molecule has 2 N–H and O–H groups in total. The fourth-order valence-corrected chi connectivity index (χ4v) is 5.54. The molecule has 2 aliphatic rings. The summed E-state index contributed by atoms with van der Waals surface area (Å²) in [6.45, 7) is 8.59. The van der Waals surface area contributed by atoms with Crippen molar-refractivity contribution in [2.24, 2.45) is 5.92 Å². The third-order valence-corrected chi connectivity index (χ3v) is 7.59. The van der Waals surface area contributed by atoms with Gasteiger partial charge in [-0.25, -0.2) is 4.98 Å². The molecule has 6 heteroatoms. The first-order chi connectivity index (χ1) is 16.6. The Morgan fingerprint density at radius 3 is 2.29 bits per heavy atom. The summed E-state index contributed by atoms with van der Waals surface area (Å²) < 4.78 is 0. The highest BCUT2D eigenvalue weighted by atomic mass is 15.2. The third-order valence-electron chi connectivity index (χ3n) is 7.59. The molecule has 1 saturated carbocycles. The largest absolute Gasteiger partial charge is 0.372 e. The molecule has 0 saturated heterocycles. The van der Waals surface area contributed by atoms with Crippen LogP contribution in [0.5, 0.6) is 0 Å². The van der Waals surface area contributed by atoms with Crippen molar-refractivity contribution in [3.63, 3.8) is 0 Å². The Balaban J connectivity index is 1.22. The molecule has 0 radical (unpaired) electrons. The van der Waals surface area contributed by atoms with E-state index in [9.17, 15) is 0 Å². The van der Waals surface area contributed by atoms with Crippen LogP contribution in [0, 0.1) is 5.92 Å². The highest BCUT2D eigenvalue weighted by Crippen LogP contribution is 2.30. The molecule has 1 aromatic heterocycles. The second kappa shape index (κ2) is 11.9. The lowest BCUT2D eigenvalue weighted by Gasteiger charge is -2.30. The summed E-state index contributed by atoms with van der Waals surface area (Å²) in [5.41, 5.74) is 5.31. The van der Waals surface area contributed by atoms with Gasteiger partial charge in [-0.05, 0) is 95.4 Å². The van der Waals surface area contributed by atoms with Gasteiger partial charge < -0.3 is 20.4 Å². The van der Waals surface area contributed by atoms with E-state index in [2.05, 4.69) is 72.6 Å². The summed E-state index contributed by atoms with van der Waals surface area (Å²) in [6, 6.07) is 9.53. The van der Waals surface area contributed by atoms with Crippen molar-refractivity contribution in [3.05, 3.63) is 41.1 Å². The van der Waals surface area contributed by atoms with Crippen LogP contribution in [-0.4, -0.2) is 49.7 Å². The van der Waals surface area contributed by atoms with Gasteiger partial charge in [0.2, 0.25) is 5.95 Å². The lowest BCUT2D eigenvalue weighted by Crippen LogP contribution is -2.32. The van der Waals surface area contributed by atoms with E-state index >= 15 is 0 Å². The van der Waals surface area contributed by atoms with Gasteiger partial charge in [-0.1, -0.05) is 12.1 Å². The lowest BCUT2D eigenvalue weighted by molar-refractivity contribution is 0.323. The minimum atomic E-state index is 0.487. The molecule has 0 atom stereocenters. The number of benzene rings is 1. The molecule has 0 aliphatic heterocycles. The summed E-state index contributed by atoms with van der Waals surface area (Å²) in [6.07, 6.45) is 9.61. The molecule has 186 valence electrons. The van der Waals surface area contributed by atoms with Gasteiger partial charge in [-0.15, -0.1) is 0 Å². The van der Waals surface area contributed by atoms with Crippen LogP contribution in [0.15, 0.2) is 24.3 Å². The Hall–Kier alpha value is -2.34. The first kappa shape index (κ1) is 24.8. The molecule has 4 rings (SSSR count). The highest BCUT2D eigenvalue weighted by molar-refractivity contribution is 5.53. The molecule has 1 fully saturated rings. The van der Waals surface area contributed by atoms with Gasteiger partial charge >= 0.3 is 0 Å². The van der Waals surface area contributed by atoms with Gasteiger partial charge in [0.25, 0.3) is 0 Å². The average Bonchev–Trinajstić information content (AvgIpc) is 2.86. The molecule has 0 unspecified atom stereocenters. The summed E-state index contributed by atoms with van der Waals surface area (Å²) >= 11 is 0. The predicted octanol–water partition coefficient (Wildman–Crippen LogP) is 5.03. The maximum Gasteiger partial charge on any atom is 0.225 e. The minimum Gasteiger partial charge on any atom is -0.372 e. The fraction of sp³-hybridized carbons (Fsp3) is 0.643. The third kappa shape index (κ3) is 6.21. The predicted molar refractivity (Wildman–Crippen MR) is 144 cm³/mol. The monoisotopic (exact) mass is 464 g/mol. The van der Waals surface area contributed by atoms with E-state index in [4.69, 9.17) is 9.97 Å². The van der Waals surface area contributed by atoms with Crippen molar-refractivity contribution in [2.45, 2.75) is 77.8 Å². The first-order valence-corrected chi connectivity index (χ1v) is 13.5. The Labute approximate surface area is 206 Å². The lowest BCUT2D eigenvalue weighted by atomic mass is 9.86. The van der Waals surface area contributed by atoms with E-state index in [1.807, 2.05) is 0 Å². The van der Waals surface area contributed by atoms with E-state index in [0.29, 0.717) is 6.04 Å². The van der Waals surface area contributed by atoms with Gasteiger partial charge in [0.15, 0.2) is 0 Å². The number of anilines is 3. The van der Waals surface area contributed by atoms with Crippen LogP contribution in [0.4, 0.5) is 17.5 Å². The zero-order valence-corrected chi connectivity index (χ0v) is 21.7. The summed E-state index contributed by atoms with van der Waals surface area (Å²) in [5, 5.41) is 7.38. The molecule has 1 heterocycles. The second-order valence-electron chi connectivity index (χ2n) is 10.2. The molecule has 1 aromatic carbocycles. The molecular weight excluding hydrogens is 420 g/mol. The van der Waals surface area contributed by atoms with Crippen LogP contribution in [0.25, 0.3) is 0 Å². The first-order valence-electron chi connectivity index (χ1n) is 13.5. The topological polar surface area (TPSA) is 56.3 Å². The SMILES string of the molecule is CCN(CC)c1ccc(CNCC2CCC(Nc3nc4c(c(N(C)C)n3)CCCC4)CC2)cc1. The Morgan fingerprint density at radius 2 is 1.62 bits per heavy atom. The second-order valence-corrected chi connectivity index (χ2v) is 10.2. The van der Waals surface area contributed by atoms with Crippen molar-refractivity contribution in [2.75, 3.05) is 48.8 Å². The molecular formula is C28H44N6. The molecule has 2 aromatic rings. The molecule has 0 spiro atoms. The summed E-state index contributed by atoms with van der Waals surface area (Å²) in [4.78, 5) is 14.4. The number of fused-ring (bicyclic) bond motifs is 1. The van der Waals surface area contributed by atoms with E-state index < -0.39 is 0 Å². The van der Waals surface area contributed by atoms with E-state index in [0.717, 1.165) is 56.7 Å². The van der Waals surface area contributed by atoms with Gasteiger partial charge in [0.05, 0.1) is 5.69 Å². The number of hydrogen-bond donors (Lipinski definition) is 2. The van der Waals surface area contributed by atoms with Crippen LogP contribution in [-0.2, 0) is 19.4 Å². The van der Waals surface area contributed by atoms with Crippen LogP contribution in [0.3, 0.4) is 0 Å². The van der Waals surface area contributed by atoms with Crippen molar-refractivity contribution >= 4 is 17.5 Å². The van der Waals surface area contributed by atoms with Gasteiger partial charge in [0.1, 0.15) is 5.82 Å². The summed E-state index contributed by atoms with van der Waals surface area (Å²) in [7, 11) is 4.19. The molecule has 0 amide bonds. The number of aryl methyl sites for hydroxylation is 1. The van der Waals surface area contributed by atoms with Gasteiger partial charge in [0, 0.05) is 51.0 Å². The number of nitrogens with zero attached hydrogens (tertiary/aromatic N) is 4. The molecule has 34 heavy (non-hydrogen) atoms. The Bertz CT molecular complexity index is 898. The van der Waals surface area contributed by atoms with Crippen molar-refractivity contribution in [1.82, 2.24) is 15.3 Å². The van der Waals surface area contributed by atoms with Crippen LogP contribution < -0.4 is 20.4 Å². The fourth-order valence-electron chi connectivity index (χ4n) is 5.54. The standard InChI is InChI=1S/C28H44N6/c1-5-34(6-2)24-17-13-22(14-18-24)20-29-19-21-11-15-23(16-12-21)30-28-31-26-10-8-7-9-25(26)27(32-28)33(3)4/h13-14,17-18,21,23,29H,5-12,15-16,19-20H2,1-4H3,(H,30,31,32). The summed E-state index contributed by atoms with van der Waals surface area (Å²) in [5.74, 6) is 2.70. The Kier molecular flexibility index (Phi) is 8.65. The number of nitrogens with one attached hydrogen (secondary N) is 2. The number of rotatable bonds is 10. The average molecular weight is 465 g/mol. The number of aromatic nitrogens is 2. The molecule has 6 nitrogen and oxygen atoms in total. The van der Waals surface area contributed by atoms with Gasteiger partial charge in [-0.3, -0.25) is 0 Å². The van der Waals surface area contributed by atoms with Crippen LogP contribution in [0.2, 0.25) is 0 Å². The van der Waals surface area contributed by atoms with Crippen LogP contribution in [0.1, 0.15) is 69.2 Å². The zero-order valence-electron chi connectivity index (χ0n) is 21.7. The number of hydrogen-bond acceptors (Lipinski definition) is 6. The maximum atomic E-state index is 4.92.